The van der Waals surface area contributed by atoms with Crippen molar-refractivity contribution >= 4 is 28.4 Å². The van der Waals surface area contributed by atoms with Crippen molar-refractivity contribution in [1.29, 1.82) is 0 Å². The predicted octanol–water partition coefficient (Wildman–Crippen LogP) is 5.15. The summed E-state index contributed by atoms with van der Waals surface area (Å²) in [6.07, 6.45) is 4.25. The standard InChI is InChI=1S/C25H28ClN3O2/c1-3-25(4-2,17-9-11-18(26)12-10-17)28-23(30)16-15-22-27-21-8-6-5-7-20(21)24(31)29(22)19-13-14-19/h5-12,19H,3-4,13-16H2,1-2H3,(H,28,30). The third-order valence-electron chi connectivity index (χ3n) is 6.35. The van der Waals surface area contributed by atoms with Gasteiger partial charge in [0.2, 0.25) is 5.91 Å². The Bertz CT molecular complexity index is 1150. The van der Waals surface area contributed by atoms with E-state index >= 15 is 0 Å². The molecule has 1 aliphatic rings. The van der Waals surface area contributed by atoms with Gasteiger partial charge in [-0.2, -0.15) is 0 Å². The first kappa shape index (κ1) is 21.6. The molecule has 1 fully saturated rings. The van der Waals surface area contributed by atoms with Gasteiger partial charge < -0.3 is 5.32 Å². The first-order chi connectivity index (χ1) is 15.0. The monoisotopic (exact) mass is 437 g/mol. The molecule has 0 spiro atoms. The third-order valence-corrected chi connectivity index (χ3v) is 6.60. The summed E-state index contributed by atoms with van der Waals surface area (Å²) in [6.45, 7) is 4.15. The predicted molar refractivity (Wildman–Crippen MR) is 124 cm³/mol. The topological polar surface area (TPSA) is 64.0 Å². The molecule has 0 aliphatic heterocycles. The number of benzene rings is 2. The fourth-order valence-corrected chi connectivity index (χ4v) is 4.43. The van der Waals surface area contributed by atoms with Gasteiger partial charge in [0.1, 0.15) is 5.82 Å². The maximum atomic E-state index is 13.0. The van der Waals surface area contributed by atoms with Crippen LogP contribution in [-0.2, 0) is 16.8 Å². The van der Waals surface area contributed by atoms with Crippen LogP contribution in [0, 0.1) is 0 Å². The number of carbonyl (C=O) groups is 1. The molecule has 2 aromatic carbocycles. The number of aryl methyl sites for hydroxylation is 1. The number of halogens is 1. The molecule has 0 bridgehead atoms. The first-order valence-corrected chi connectivity index (χ1v) is 11.4. The number of nitrogens with zero attached hydrogens (tertiary/aromatic N) is 2. The molecule has 0 saturated heterocycles. The average Bonchev–Trinajstić information content (AvgIpc) is 3.62. The minimum atomic E-state index is -0.436. The first-order valence-electron chi connectivity index (χ1n) is 11.0. The zero-order valence-corrected chi connectivity index (χ0v) is 18.8. The largest absolute Gasteiger partial charge is 0.347 e. The number of rotatable bonds is 8. The molecule has 5 nitrogen and oxygen atoms in total. The summed E-state index contributed by atoms with van der Waals surface area (Å²) in [4.78, 5) is 30.7. The normalized spacial score (nSPS) is 14.0. The number of amides is 1. The van der Waals surface area contributed by atoms with E-state index in [1.54, 1.807) is 0 Å². The number of nitrogens with one attached hydrogen (secondary N) is 1. The van der Waals surface area contributed by atoms with E-state index in [1.807, 2.05) is 53.1 Å². The van der Waals surface area contributed by atoms with E-state index in [-0.39, 0.29) is 23.9 Å². The van der Waals surface area contributed by atoms with E-state index in [2.05, 4.69) is 19.2 Å². The second-order valence-corrected chi connectivity index (χ2v) is 8.73. The summed E-state index contributed by atoms with van der Waals surface area (Å²) in [5.41, 5.74) is 1.31. The molecule has 0 atom stereocenters. The van der Waals surface area contributed by atoms with Gasteiger partial charge in [-0.25, -0.2) is 4.98 Å². The Morgan fingerprint density at radius 2 is 1.81 bits per heavy atom. The van der Waals surface area contributed by atoms with Crippen LogP contribution in [0.3, 0.4) is 0 Å². The smallest absolute Gasteiger partial charge is 0.261 e. The van der Waals surface area contributed by atoms with Gasteiger partial charge in [0.15, 0.2) is 0 Å². The van der Waals surface area contributed by atoms with Crippen molar-refractivity contribution in [3.63, 3.8) is 0 Å². The van der Waals surface area contributed by atoms with E-state index < -0.39 is 5.54 Å². The molecule has 1 amide bonds. The Balaban J connectivity index is 1.55. The molecular formula is C25H28ClN3O2. The lowest BCUT2D eigenvalue weighted by molar-refractivity contribution is -0.123. The van der Waals surface area contributed by atoms with Gasteiger partial charge >= 0.3 is 0 Å². The van der Waals surface area contributed by atoms with Gasteiger partial charge in [0.25, 0.3) is 5.56 Å². The lowest BCUT2D eigenvalue weighted by atomic mass is 9.84. The summed E-state index contributed by atoms with van der Waals surface area (Å²) in [5, 5.41) is 4.57. The quantitative estimate of drug-likeness (QED) is 0.530. The number of carbonyl (C=O) groups excluding carboxylic acids is 1. The third kappa shape index (κ3) is 4.38. The lowest BCUT2D eigenvalue weighted by Gasteiger charge is -2.34. The molecule has 6 heteroatoms. The van der Waals surface area contributed by atoms with Gasteiger partial charge in [0.05, 0.1) is 16.4 Å². The van der Waals surface area contributed by atoms with E-state index in [0.29, 0.717) is 28.2 Å². The molecule has 1 heterocycles. The molecule has 3 aromatic rings. The molecule has 1 aromatic heterocycles. The van der Waals surface area contributed by atoms with Crippen molar-refractivity contribution in [3.05, 3.63) is 75.3 Å². The molecule has 31 heavy (non-hydrogen) atoms. The van der Waals surface area contributed by atoms with Crippen molar-refractivity contribution in [1.82, 2.24) is 14.9 Å². The molecular weight excluding hydrogens is 410 g/mol. The molecule has 1 saturated carbocycles. The van der Waals surface area contributed by atoms with E-state index in [0.717, 1.165) is 31.2 Å². The van der Waals surface area contributed by atoms with E-state index in [4.69, 9.17) is 16.6 Å². The van der Waals surface area contributed by atoms with E-state index in [1.165, 1.54) is 0 Å². The van der Waals surface area contributed by atoms with Crippen LogP contribution in [0.15, 0.2) is 53.3 Å². The fraction of sp³-hybridized carbons (Fsp3) is 0.400. The van der Waals surface area contributed by atoms with Crippen LogP contribution in [0.25, 0.3) is 10.9 Å². The van der Waals surface area contributed by atoms with Gasteiger partial charge in [-0.3, -0.25) is 14.2 Å². The zero-order valence-electron chi connectivity index (χ0n) is 18.0. The minimum Gasteiger partial charge on any atom is -0.347 e. The van der Waals surface area contributed by atoms with Crippen LogP contribution in [0.5, 0.6) is 0 Å². The summed E-state index contributed by atoms with van der Waals surface area (Å²) in [6, 6.07) is 15.3. The van der Waals surface area contributed by atoms with Crippen molar-refractivity contribution in [2.24, 2.45) is 0 Å². The van der Waals surface area contributed by atoms with Crippen molar-refractivity contribution in [3.8, 4) is 0 Å². The Morgan fingerprint density at radius 3 is 2.45 bits per heavy atom. The van der Waals surface area contributed by atoms with Crippen LogP contribution in [0.1, 0.15) is 63.4 Å². The number of hydrogen-bond donors (Lipinski definition) is 1. The van der Waals surface area contributed by atoms with Gasteiger partial charge in [-0.15, -0.1) is 0 Å². The lowest BCUT2D eigenvalue weighted by Crippen LogP contribution is -2.45. The summed E-state index contributed by atoms with van der Waals surface area (Å²) in [7, 11) is 0. The summed E-state index contributed by atoms with van der Waals surface area (Å²) >= 11 is 6.05. The Morgan fingerprint density at radius 1 is 1.13 bits per heavy atom. The zero-order chi connectivity index (χ0) is 22.0. The maximum absolute atomic E-state index is 13.0. The molecule has 0 radical (unpaired) electrons. The summed E-state index contributed by atoms with van der Waals surface area (Å²) < 4.78 is 1.81. The second-order valence-electron chi connectivity index (χ2n) is 8.30. The number of para-hydroxylation sites is 1. The van der Waals surface area contributed by atoms with Gasteiger partial charge in [-0.1, -0.05) is 49.7 Å². The molecule has 1 N–H and O–H groups in total. The van der Waals surface area contributed by atoms with E-state index in [9.17, 15) is 9.59 Å². The highest BCUT2D eigenvalue weighted by Crippen LogP contribution is 2.35. The number of fused-ring (bicyclic) bond motifs is 1. The van der Waals surface area contributed by atoms with Crippen LogP contribution >= 0.6 is 11.6 Å². The van der Waals surface area contributed by atoms with Crippen LogP contribution in [0.4, 0.5) is 0 Å². The highest BCUT2D eigenvalue weighted by molar-refractivity contribution is 6.30. The van der Waals surface area contributed by atoms with Crippen molar-refractivity contribution in [2.45, 2.75) is 64.0 Å². The molecule has 162 valence electrons. The Hall–Kier alpha value is -2.66. The van der Waals surface area contributed by atoms with Gasteiger partial charge in [-0.05, 0) is 55.5 Å². The van der Waals surface area contributed by atoms with Crippen molar-refractivity contribution < 1.29 is 4.79 Å². The molecule has 4 rings (SSSR count). The second kappa shape index (κ2) is 8.83. The average molecular weight is 438 g/mol. The van der Waals surface area contributed by atoms with Crippen LogP contribution < -0.4 is 10.9 Å². The number of hydrogen-bond acceptors (Lipinski definition) is 3. The fourth-order valence-electron chi connectivity index (χ4n) is 4.31. The Labute approximate surface area is 187 Å². The SMILES string of the molecule is CCC(CC)(NC(=O)CCc1nc2ccccc2c(=O)n1C1CC1)c1ccc(Cl)cc1. The van der Waals surface area contributed by atoms with Crippen LogP contribution in [0.2, 0.25) is 5.02 Å². The number of aromatic nitrogens is 2. The Kier molecular flexibility index (Phi) is 6.15. The highest BCUT2D eigenvalue weighted by atomic mass is 35.5. The molecule has 0 unspecified atom stereocenters. The highest BCUT2D eigenvalue weighted by Gasteiger charge is 2.31. The minimum absolute atomic E-state index is 0.00105. The van der Waals surface area contributed by atoms with Gasteiger partial charge in [0, 0.05) is 23.9 Å². The molecule has 1 aliphatic carbocycles. The summed E-state index contributed by atoms with van der Waals surface area (Å²) in [5.74, 6) is 0.662. The van der Waals surface area contributed by atoms with Crippen molar-refractivity contribution in [2.75, 3.05) is 0 Å². The maximum Gasteiger partial charge on any atom is 0.261 e. The van der Waals surface area contributed by atoms with Crippen LogP contribution in [-0.4, -0.2) is 15.5 Å².